The van der Waals surface area contributed by atoms with Crippen molar-refractivity contribution in [3.63, 3.8) is 0 Å². The number of amides is 2. The van der Waals surface area contributed by atoms with E-state index in [-0.39, 0.29) is 17.9 Å². The van der Waals surface area contributed by atoms with Crippen molar-refractivity contribution in [2.45, 2.75) is 19.4 Å². The number of nitrogens with zero attached hydrogens (tertiary/aromatic N) is 1. The lowest BCUT2D eigenvalue weighted by molar-refractivity contribution is 0.0597. The topological polar surface area (TPSA) is 63.4 Å². The molecule has 0 saturated heterocycles. The van der Waals surface area contributed by atoms with Crippen molar-refractivity contribution in [2.24, 2.45) is 0 Å². The highest BCUT2D eigenvalue weighted by atomic mass is 32.1. The van der Waals surface area contributed by atoms with Crippen LogP contribution in [-0.2, 0) is 6.42 Å². The monoisotopic (exact) mass is 286 g/mol. The molecular formula is C15H14N2O2S. The summed E-state index contributed by atoms with van der Waals surface area (Å²) in [4.78, 5) is 27.2. The Morgan fingerprint density at radius 3 is 2.65 bits per heavy atom. The van der Waals surface area contributed by atoms with E-state index in [0.29, 0.717) is 23.2 Å². The van der Waals surface area contributed by atoms with Gasteiger partial charge in [0.2, 0.25) is 0 Å². The molecule has 3 rings (SSSR count). The van der Waals surface area contributed by atoms with Crippen LogP contribution in [0.25, 0.3) is 0 Å². The van der Waals surface area contributed by atoms with Crippen LogP contribution in [0.2, 0.25) is 0 Å². The zero-order valence-electron chi connectivity index (χ0n) is 11.0. The summed E-state index contributed by atoms with van der Waals surface area (Å²) in [6, 6.07) is 8.67. The second-order valence-electron chi connectivity index (χ2n) is 4.92. The Morgan fingerprint density at radius 1 is 1.20 bits per heavy atom. The summed E-state index contributed by atoms with van der Waals surface area (Å²) in [7, 11) is 0. The number of carbonyl (C=O) groups excluding carboxylic acids is 2. The van der Waals surface area contributed by atoms with Crippen LogP contribution in [0.3, 0.4) is 0 Å². The van der Waals surface area contributed by atoms with E-state index in [1.54, 1.807) is 29.5 Å². The molecule has 0 aliphatic carbocycles. The maximum absolute atomic E-state index is 12.4. The van der Waals surface area contributed by atoms with Crippen LogP contribution in [0.5, 0.6) is 0 Å². The lowest BCUT2D eigenvalue weighted by atomic mass is 10.1. The molecule has 1 atom stereocenters. The zero-order chi connectivity index (χ0) is 14.3. The maximum atomic E-state index is 12.4. The molecule has 2 amide bonds. The Morgan fingerprint density at radius 2 is 1.95 bits per heavy atom. The fourth-order valence-corrected chi connectivity index (χ4v) is 3.32. The Bertz CT molecular complexity index is 679. The van der Waals surface area contributed by atoms with Gasteiger partial charge >= 0.3 is 0 Å². The van der Waals surface area contributed by atoms with Crippen molar-refractivity contribution < 1.29 is 9.59 Å². The molecule has 20 heavy (non-hydrogen) atoms. The largest absolute Gasteiger partial charge is 0.399 e. The van der Waals surface area contributed by atoms with Crippen LogP contribution in [0, 0.1) is 0 Å². The van der Waals surface area contributed by atoms with E-state index in [4.69, 9.17) is 5.73 Å². The molecule has 4 nitrogen and oxygen atoms in total. The summed E-state index contributed by atoms with van der Waals surface area (Å²) < 4.78 is 0. The number of hydrogen-bond donors (Lipinski definition) is 1. The van der Waals surface area contributed by atoms with E-state index >= 15 is 0 Å². The molecule has 0 radical (unpaired) electrons. The van der Waals surface area contributed by atoms with Gasteiger partial charge in [-0.2, -0.15) is 0 Å². The number of fused-ring (bicyclic) bond motifs is 1. The molecule has 102 valence electrons. The van der Waals surface area contributed by atoms with E-state index in [1.165, 1.54) is 4.90 Å². The number of nitrogens with two attached hydrogens (primary N) is 1. The van der Waals surface area contributed by atoms with Crippen LogP contribution in [-0.4, -0.2) is 22.8 Å². The van der Waals surface area contributed by atoms with Crippen molar-refractivity contribution in [1.29, 1.82) is 0 Å². The minimum atomic E-state index is -0.249. The molecule has 1 aliphatic heterocycles. The number of nitrogen functional groups attached to an aromatic ring is 1. The minimum absolute atomic E-state index is 0.165. The van der Waals surface area contributed by atoms with E-state index in [2.05, 4.69) is 0 Å². The molecule has 1 unspecified atom stereocenters. The predicted octanol–water partition coefficient (Wildman–Crippen LogP) is 2.56. The van der Waals surface area contributed by atoms with Gasteiger partial charge < -0.3 is 5.73 Å². The fourth-order valence-electron chi connectivity index (χ4n) is 2.49. The Hall–Kier alpha value is -2.14. The van der Waals surface area contributed by atoms with Crippen LogP contribution in [0.4, 0.5) is 5.69 Å². The van der Waals surface area contributed by atoms with Gasteiger partial charge in [0, 0.05) is 23.0 Å². The van der Waals surface area contributed by atoms with E-state index in [0.717, 1.165) is 4.88 Å². The van der Waals surface area contributed by atoms with Crippen molar-refractivity contribution >= 4 is 28.8 Å². The average Bonchev–Trinajstić information content (AvgIpc) is 2.98. The van der Waals surface area contributed by atoms with E-state index in [1.807, 2.05) is 24.4 Å². The van der Waals surface area contributed by atoms with Gasteiger partial charge in [-0.3, -0.25) is 14.5 Å². The second-order valence-corrected chi connectivity index (χ2v) is 5.95. The third kappa shape index (κ3) is 2.00. The summed E-state index contributed by atoms with van der Waals surface area (Å²) >= 11 is 1.63. The quantitative estimate of drug-likeness (QED) is 0.696. The lowest BCUT2D eigenvalue weighted by Crippen LogP contribution is -2.39. The number of anilines is 1. The summed E-state index contributed by atoms with van der Waals surface area (Å²) in [6.07, 6.45) is 0.679. The number of carbonyl (C=O) groups is 2. The van der Waals surface area contributed by atoms with Crippen molar-refractivity contribution in [3.8, 4) is 0 Å². The summed E-state index contributed by atoms with van der Waals surface area (Å²) in [5, 5.41) is 1.99. The lowest BCUT2D eigenvalue weighted by Gasteiger charge is -2.21. The van der Waals surface area contributed by atoms with E-state index < -0.39 is 0 Å². The highest BCUT2D eigenvalue weighted by Crippen LogP contribution is 2.27. The number of thiophene rings is 1. The third-order valence-electron chi connectivity index (χ3n) is 3.46. The van der Waals surface area contributed by atoms with Gasteiger partial charge in [-0.15, -0.1) is 11.3 Å². The predicted molar refractivity (Wildman–Crippen MR) is 78.8 cm³/mol. The van der Waals surface area contributed by atoms with Crippen molar-refractivity contribution in [2.75, 3.05) is 5.73 Å². The van der Waals surface area contributed by atoms with Crippen LogP contribution in [0.1, 0.15) is 32.5 Å². The van der Waals surface area contributed by atoms with Gasteiger partial charge in [-0.05, 0) is 36.6 Å². The first kappa shape index (κ1) is 12.9. The average molecular weight is 286 g/mol. The zero-order valence-corrected chi connectivity index (χ0v) is 11.8. The van der Waals surface area contributed by atoms with Crippen LogP contribution >= 0.6 is 11.3 Å². The van der Waals surface area contributed by atoms with Gasteiger partial charge in [0.05, 0.1) is 11.1 Å². The Labute approximate surface area is 120 Å². The number of rotatable bonds is 3. The first-order valence-electron chi connectivity index (χ1n) is 6.37. The summed E-state index contributed by atoms with van der Waals surface area (Å²) in [5.74, 6) is -0.476. The molecule has 2 N–H and O–H groups in total. The molecule has 1 aromatic carbocycles. The molecule has 2 aromatic rings. The first-order chi connectivity index (χ1) is 9.58. The summed E-state index contributed by atoms with van der Waals surface area (Å²) in [6.45, 7) is 1.89. The number of benzene rings is 1. The standard InChI is InChI=1S/C15H14N2O2S/c1-9(7-11-3-2-6-20-11)17-14(18)12-5-4-10(16)8-13(12)15(17)19/h2-6,8-9H,7,16H2,1H3. The van der Waals surface area contributed by atoms with E-state index in [9.17, 15) is 9.59 Å². The highest BCUT2D eigenvalue weighted by Gasteiger charge is 2.38. The number of hydrogen-bond acceptors (Lipinski definition) is 4. The summed E-state index contributed by atoms with van der Waals surface area (Å²) in [5.41, 5.74) is 7.04. The van der Waals surface area contributed by atoms with Crippen LogP contribution in [0.15, 0.2) is 35.7 Å². The minimum Gasteiger partial charge on any atom is -0.399 e. The normalized spacial score (nSPS) is 15.6. The van der Waals surface area contributed by atoms with Gasteiger partial charge in [-0.1, -0.05) is 6.07 Å². The highest BCUT2D eigenvalue weighted by molar-refractivity contribution is 7.09. The molecule has 0 fully saturated rings. The molecular weight excluding hydrogens is 272 g/mol. The van der Waals surface area contributed by atoms with Gasteiger partial charge in [0.15, 0.2) is 0 Å². The van der Waals surface area contributed by atoms with Gasteiger partial charge in [0.1, 0.15) is 0 Å². The molecule has 0 saturated carbocycles. The first-order valence-corrected chi connectivity index (χ1v) is 7.25. The molecule has 1 aromatic heterocycles. The second kappa shape index (κ2) is 4.76. The third-order valence-corrected chi connectivity index (χ3v) is 4.36. The van der Waals surface area contributed by atoms with Crippen LogP contribution < -0.4 is 5.73 Å². The van der Waals surface area contributed by atoms with Gasteiger partial charge in [0.25, 0.3) is 11.8 Å². The van der Waals surface area contributed by atoms with Crippen molar-refractivity contribution in [1.82, 2.24) is 4.90 Å². The smallest absolute Gasteiger partial charge is 0.261 e. The molecule has 2 heterocycles. The fraction of sp³-hybridized carbons (Fsp3) is 0.200. The van der Waals surface area contributed by atoms with Gasteiger partial charge in [-0.25, -0.2) is 0 Å². The molecule has 0 spiro atoms. The Balaban J connectivity index is 1.89. The molecule has 5 heteroatoms. The Kier molecular flexibility index (Phi) is 3.06. The number of imide groups is 1. The maximum Gasteiger partial charge on any atom is 0.261 e. The molecule has 0 bridgehead atoms. The SMILES string of the molecule is CC(Cc1cccs1)N1C(=O)c2ccc(N)cc2C1=O. The molecule has 1 aliphatic rings. The van der Waals surface area contributed by atoms with Crippen molar-refractivity contribution in [3.05, 3.63) is 51.7 Å².